The first-order valence-corrected chi connectivity index (χ1v) is 13.5. The molecule has 1 unspecified atom stereocenters. The monoisotopic (exact) mass is 517 g/mol. The molecule has 38 heavy (non-hydrogen) atoms. The minimum atomic E-state index is -0.544. The summed E-state index contributed by atoms with van der Waals surface area (Å²) in [6.07, 6.45) is 10.3. The van der Waals surface area contributed by atoms with Gasteiger partial charge in [0.05, 0.1) is 29.1 Å². The third kappa shape index (κ3) is 4.16. The van der Waals surface area contributed by atoms with Gasteiger partial charge in [0.2, 0.25) is 5.88 Å². The first kappa shape index (κ1) is 23.5. The summed E-state index contributed by atoms with van der Waals surface area (Å²) in [5.41, 5.74) is 8.36. The quantitative estimate of drug-likeness (QED) is 0.446. The van der Waals surface area contributed by atoms with Gasteiger partial charge in [0.1, 0.15) is 24.0 Å². The fraction of sp³-hybridized carbons (Fsp3) is 0.500. The summed E-state index contributed by atoms with van der Waals surface area (Å²) in [4.78, 5) is 29.0. The first-order chi connectivity index (χ1) is 18.5. The molecular weight excluding hydrogens is 486 g/mol. The van der Waals surface area contributed by atoms with E-state index in [2.05, 4.69) is 15.4 Å². The molecule has 4 fully saturated rings. The molecule has 1 saturated heterocycles. The van der Waals surface area contributed by atoms with Crippen LogP contribution in [0.25, 0.3) is 5.52 Å². The van der Waals surface area contributed by atoms with Crippen LogP contribution in [0.15, 0.2) is 36.7 Å². The van der Waals surface area contributed by atoms with Crippen molar-refractivity contribution < 1.29 is 23.8 Å². The Hall–Kier alpha value is -3.66. The molecule has 3 aliphatic carbocycles. The molecule has 10 nitrogen and oxygen atoms in total. The third-order valence-corrected chi connectivity index (χ3v) is 8.44. The molecule has 4 heterocycles. The van der Waals surface area contributed by atoms with Crippen LogP contribution in [0.3, 0.4) is 0 Å². The fourth-order valence-corrected chi connectivity index (χ4v) is 6.18. The smallest absolute Gasteiger partial charge is 0.255 e. The van der Waals surface area contributed by atoms with Crippen LogP contribution in [0.5, 0.6) is 11.6 Å². The molecule has 10 heteroatoms. The maximum absolute atomic E-state index is 13.2. The van der Waals surface area contributed by atoms with Crippen molar-refractivity contribution in [3.63, 3.8) is 0 Å². The van der Waals surface area contributed by atoms with E-state index >= 15 is 0 Å². The number of primary amides is 1. The fourth-order valence-electron chi connectivity index (χ4n) is 6.18. The lowest BCUT2D eigenvalue weighted by molar-refractivity contribution is -0.0848. The highest BCUT2D eigenvalue weighted by molar-refractivity contribution is 6.01. The largest absolute Gasteiger partial charge is 0.489 e. The molecule has 2 amide bonds. The number of amides is 2. The van der Waals surface area contributed by atoms with Crippen LogP contribution in [-0.4, -0.2) is 57.9 Å². The van der Waals surface area contributed by atoms with Gasteiger partial charge in [0.15, 0.2) is 0 Å². The average molecular weight is 518 g/mol. The zero-order valence-electron chi connectivity index (χ0n) is 21.1. The molecule has 1 atom stereocenters. The zero-order valence-corrected chi connectivity index (χ0v) is 21.1. The molecule has 3 aromatic heterocycles. The van der Waals surface area contributed by atoms with Crippen molar-refractivity contribution in [3.8, 4) is 11.6 Å². The SMILES string of the molecule is NC(=O)c1cccnc1OC1CC2(CC(NC(=O)c3cnn4c(C5CC5)c(OCC5CCO5)ccc34)C2)C1. The summed E-state index contributed by atoms with van der Waals surface area (Å²) in [7, 11) is 0. The van der Waals surface area contributed by atoms with Crippen molar-refractivity contribution in [2.75, 3.05) is 13.2 Å². The van der Waals surface area contributed by atoms with Crippen LogP contribution < -0.4 is 20.5 Å². The summed E-state index contributed by atoms with van der Waals surface area (Å²) in [5, 5.41) is 7.79. The molecule has 0 aromatic carbocycles. The second-order valence-corrected chi connectivity index (χ2v) is 11.3. The van der Waals surface area contributed by atoms with E-state index in [1.165, 1.54) is 0 Å². The van der Waals surface area contributed by atoms with Crippen molar-refractivity contribution >= 4 is 17.3 Å². The van der Waals surface area contributed by atoms with Crippen LogP contribution in [0.1, 0.15) is 77.3 Å². The van der Waals surface area contributed by atoms with Crippen molar-refractivity contribution in [3.05, 3.63) is 53.5 Å². The number of hydrogen-bond acceptors (Lipinski definition) is 7. The van der Waals surface area contributed by atoms with Gasteiger partial charge in [-0.3, -0.25) is 9.59 Å². The molecule has 3 saturated carbocycles. The summed E-state index contributed by atoms with van der Waals surface area (Å²) in [5.74, 6) is 0.911. The van der Waals surface area contributed by atoms with E-state index in [4.69, 9.17) is 19.9 Å². The van der Waals surface area contributed by atoms with E-state index in [0.717, 1.165) is 68.5 Å². The van der Waals surface area contributed by atoms with Gasteiger partial charge in [0, 0.05) is 31.2 Å². The minimum absolute atomic E-state index is 0.00684. The van der Waals surface area contributed by atoms with E-state index in [9.17, 15) is 9.59 Å². The van der Waals surface area contributed by atoms with E-state index < -0.39 is 5.91 Å². The highest BCUT2D eigenvalue weighted by Gasteiger charge is 2.54. The normalized spacial score (nSPS) is 27.7. The highest BCUT2D eigenvalue weighted by Crippen LogP contribution is 2.57. The molecule has 7 rings (SSSR count). The summed E-state index contributed by atoms with van der Waals surface area (Å²) >= 11 is 0. The number of nitrogens with one attached hydrogen (secondary N) is 1. The van der Waals surface area contributed by atoms with Crippen LogP contribution in [0.2, 0.25) is 0 Å². The number of aromatic nitrogens is 3. The number of nitrogens with two attached hydrogens (primary N) is 1. The minimum Gasteiger partial charge on any atom is -0.489 e. The molecular formula is C28H31N5O5. The molecule has 0 bridgehead atoms. The van der Waals surface area contributed by atoms with E-state index in [-0.39, 0.29) is 29.6 Å². The Morgan fingerprint density at radius 2 is 1.95 bits per heavy atom. The second-order valence-electron chi connectivity index (χ2n) is 11.3. The summed E-state index contributed by atoms with van der Waals surface area (Å²) in [6.45, 7) is 1.35. The predicted molar refractivity (Wildman–Crippen MR) is 136 cm³/mol. The van der Waals surface area contributed by atoms with Crippen LogP contribution in [-0.2, 0) is 4.74 Å². The molecule has 0 radical (unpaired) electrons. The summed E-state index contributed by atoms with van der Waals surface area (Å²) < 4.78 is 19.4. The van der Waals surface area contributed by atoms with Crippen molar-refractivity contribution in [1.29, 1.82) is 0 Å². The molecule has 4 aliphatic rings. The number of pyridine rings is 2. The lowest BCUT2D eigenvalue weighted by Crippen LogP contribution is -2.58. The molecule has 3 N–H and O–H groups in total. The van der Waals surface area contributed by atoms with E-state index in [1.807, 2.05) is 16.6 Å². The Labute approximate surface area is 219 Å². The maximum Gasteiger partial charge on any atom is 0.255 e. The lowest BCUT2D eigenvalue weighted by Gasteiger charge is -2.57. The van der Waals surface area contributed by atoms with Crippen molar-refractivity contribution in [1.82, 2.24) is 19.9 Å². The van der Waals surface area contributed by atoms with Crippen LogP contribution >= 0.6 is 0 Å². The third-order valence-electron chi connectivity index (χ3n) is 8.44. The number of nitrogens with zero attached hydrogens (tertiary/aromatic N) is 3. The standard InChI is InChI=1S/C28H31N5O5/c29-25(34)20-2-1-8-30-27(20)38-19-12-28(13-19)10-17(11-28)32-26(35)21-14-31-33-22(21)5-6-23(24(33)16-3-4-16)37-15-18-7-9-36-18/h1-2,5-6,8,14,16-19H,3-4,7,9-13,15H2,(H2,29,34)(H,32,35). The Morgan fingerprint density at radius 3 is 2.66 bits per heavy atom. The summed E-state index contributed by atoms with van der Waals surface area (Å²) in [6, 6.07) is 7.32. The van der Waals surface area contributed by atoms with Gasteiger partial charge < -0.3 is 25.3 Å². The number of carbonyl (C=O) groups is 2. The molecule has 3 aromatic rings. The van der Waals surface area contributed by atoms with Gasteiger partial charge in [-0.2, -0.15) is 5.10 Å². The Balaban J connectivity index is 0.967. The molecule has 1 aliphatic heterocycles. The van der Waals surface area contributed by atoms with Crippen molar-refractivity contribution in [2.24, 2.45) is 11.1 Å². The number of hydrogen-bond donors (Lipinski definition) is 2. The zero-order chi connectivity index (χ0) is 25.9. The van der Waals surface area contributed by atoms with Crippen LogP contribution in [0.4, 0.5) is 0 Å². The van der Waals surface area contributed by atoms with Gasteiger partial charge in [-0.1, -0.05) is 0 Å². The van der Waals surface area contributed by atoms with E-state index in [1.54, 1.807) is 24.5 Å². The molecule has 198 valence electrons. The second kappa shape index (κ2) is 8.97. The average Bonchev–Trinajstić information content (AvgIpc) is 3.57. The van der Waals surface area contributed by atoms with Gasteiger partial charge in [0.25, 0.3) is 11.8 Å². The van der Waals surface area contributed by atoms with Crippen LogP contribution in [0, 0.1) is 5.41 Å². The van der Waals surface area contributed by atoms with Gasteiger partial charge in [-0.05, 0) is 68.2 Å². The lowest BCUT2D eigenvalue weighted by atomic mass is 9.53. The number of fused-ring (bicyclic) bond motifs is 1. The highest BCUT2D eigenvalue weighted by atomic mass is 16.5. The van der Waals surface area contributed by atoms with Crippen molar-refractivity contribution in [2.45, 2.75) is 69.1 Å². The van der Waals surface area contributed by atoms with Gasteiger partial charge in [-0.15, -0.1) is 0 Å². The van der Waals surface area contributed by atoms with E-state index in [0.29, 0.717) is 29.5 Å². The predicted octanol–water partition coefficient (Wildman–Crippen LogP) is 2.99. The number of ether oxygens (including phenoxy) is 3. The number of carbonyl (C=O) groups excluding carboxylic acids is 2. The topological polar surface area (TPSA) is 130 Å². The Kier molecular flexibility index (Phi) is 5.54. The maximum atomic E-state index is 13.2. The Morgan fingerprint density at radius 1 is 1.13 bits per heavy atom. The first-order valence-electron chi connectivity index (χ1n) is 13.5. The van der Waals surface area contributed by atoms with Gasteiger partial charge in [-0.25, -0.2) is 9.50 Å². The Bertz CT molecular complexity index is 1400. The molecule has 1 spiro atoms. The number of rotatable bonds is 9. The van der Waals surface area contributed by atoms with Gasteiger partial charge >= 0.3 is 0 Å².